The first-order chi connectivity index (χ1) is 11.1. The highest BCUT2D eigenvalue weighted by molar-refractivity contribution is 5.94. The van der Waals surface area contributed by atoms with Crippen molar-refractivity contribution >= 4 is 5.91 Å². The number of hydrogen-bond donors (Lipinski definition) is 1. The number of aromatic nitrogens is 2. The van der Waals surface area contributed by atoms with Gasteiger partial charge in [0.2, 0.25) is 0 Å². The third-order valence-corrected chi connectivity index (χ3v) is 3.81. The van der Waals surface area contributed by atoms with Crippen LogP contribution in [-0.2, 0) is 13.6 Å². The van der Waals surface area contributed by atoms with Gasteiger partial charge in [-0.05, 0) is 30.2 Å². The van der Waals surface area contributed by atoms with Crippen LogP contribution >= 0.6 is 0 Å². The number of rotatable bonds is 4. The lowest BCUT2D eigenvalue weighted by atomic mass is 10.0. The molecule has 0 aliphatic rings. The maximum Gasteiger partial charge on any atom is 0.251 e. The lowest BCUT2D eigenvalue weighted by Crippen LogP contribution is -2.22. The average Bonchev–Trinajstić information content (AvgIpc) is 2.91. The zero-order chi connectivity index (χ0) is 16.2. The summed E-state index contributed by atoms with van der Waals surface area (Å²) in [6, 6.07) is 17.8. The second-order valence-electron chi connectivity index (χ2n) is 5.54. The molecule has 0 aliphatic carbocycles. The third-order valence-electron chi connectivity index (χ3n) is 3.81. The van der Waals surface area contributed by atoms with Crippen molar-refractivity contribution in [3.8, 4) is 11.1 Å². The molecule has 0 atom stereocenters. The molecule has 1 heterocycles. The van der Waals surface area contributed by atoms with E-state index in [2.05, 4.69) is 22.5 Å². The summed E-state index contributed by atoms with van der Waals surface area (Å²) in [7, 11) is 1.88. The van der Waals surface area contributed by atoms with E-state index in [4.69, 9.17) is 0 Å². The summed E-state index contributed by atoms with van der Waals surface area (Å²) in [6.45, 7) is 2.43. The fourth-order valence-electron chi connectivity index (χ4n) is 2.54. The van der Waals surface area contributed by atoms with Gasteiger partial charge in [-0.15, -0.1) is 0 Å². The molecule has 0 bridgehead atoms. The van der Waals surface area contributed by atoms with Crippen LogP contribution in [0.15, 0.2) is 60.8 Å². The van der Waals surface area contributed by atoms with E-state index < -0.39 is 0 Å². The van der Waals surface area contributed by atoms with Gasteiger partial charge in [0.15, 0.2) is 0 Å². The number of nitrogens with one attached hydrogen (secondary N) is 1. The minimum atomic E-state index is -0.0761. The van der Waals surface area contributed by atoms with E-state index in [0.29, 0.717) is 12.1 Å². The Bertz CT molecular complexity index is 804. The van der Waals surface area contributed by atoms with E-state index in [0.717, 1.165) is 22.4 Å². The van der Waals surface area contributed by atoms with Gasteiger partial charge in [-0.2, -0.15) is 5.10 Å². The van der Waals surface area contributed by atoms with Crippen LogP contribution in [0.25, 0.3) is 11.1 Å². The summed E-state index contributed by atoms with van der Waals surface area (Å²) in [5.74, 6) is -0.0761. The molecule has 0 saturated carbocycles. The summed E-state index contributed by atoms with van der Waals surface area (Å²) >= 11 is 0. The maximum absolute atomic E-state index is 12.2. The summed E-state index contributed by atoms with van der Waals surface area (Å²) in [6.07, 6.45) is 1.92. The second-order valence-corrected chi connectivity index (χ2v) is 5.54. The number of carbonyl (C=O) groups is 1. The highest BCUT2D eigenvalue weighted by Crippen LogP contribution is 2.19. The molecule has 0 saturated heterocycles. The van der Waals surface area contributed by atoms with Crippen LogP contribution in [0.5, 0.6) is 0 Å². The van der Waals surface area contributed by atoms with Gasteiger partial charge in [0.1, 0.15) is 0 Å². The molecule has 4 nitrogen and oxygen atoms in total. The average molecular weight is 305 g/mol. The maximum atomic E-state index is 12.2. The molecule has 0 unspecified atom stereocenters. The molecule has 1 amide bonds. The third kappa shape index (κ3) is 3.48. The van der Waals surface area contributed by atoms with Crippen LogP contribution in [0, 0.1) is 6.92 Å². The van der Waals surface area contributed by atoms with Gasteiger partial charge in [0.25, 0.3) is 5.91 Å². The fourth-order valence-corrected chi connectivity index (χ4v) is 2.54. The topological polar surface area (TPSA) is 46.9 Å². The second kappa shape index (κ2) is 6.48. The number of nitrogens with zero attached hydrogens (tertiary/aromatic N) is 2. The number of benzene rings is 2. The lowest BCUT2D eigenvalue weighted by Gasteiger charge is -2.06. The van der Waals surface area contributed by atoms with Crippen molar-refractivity contribution in [1.82, 2.24) is 15.1 Å². The SMILES string of the molecule is Cc1nn(C)cc1CNC(=O)c1ccc(-c2ccccc2)cc1. The van der Waals surface area contributed by atoms with Crippen LogP contribution in [0.2, 0.25) is 0 Å². The Balaban J connectivity index is 1.67. The van der Waals surface area contributed by atoms with Gasteiger partial charge in [-0.1, -0.05) is 42.5 Å². The monoisotopic (exact) mass is 305 g/mol. The molecule has 23 heavy (non-hydrogen) atoms. The van der Waals surface area contributed by atoms with Crippen LogP contribution in [0.4, 0.5) is 0 Å². The van der Waals surface area contributed by atoms with E-state index >= 15 is 0 Å². The molecular weight excluding hydrogens is 286 g/mol. The summed E-state index contributed by atoms with van der Waals surface area (Å²) < 4.78 is 1.76. The van der Waals surface area contributed by atoms with E-state index in [1.165, 1.54) is 0 Å². The van der Waals surface area contributed by atoms with Crippen molar-refractivity contribution in [3.05, 3.63) is 77.6 Å². The lowest BCUT2D eigenvalue weighted by molar-refractivity contribution is 0.0951. The molecule has 0 fully saturated rings. The zero-order valence-electron chi connectivity index (χ0n) is 13.3. The van der Waals surface area contributed by atoms with Gasteiger partial charge in [0, 0.05) is 30.9 Å². The van der Waals surface area contributed by atoms with Gasteiger partial charge < -0.3 is 5.32 Å². The Morgan fingerprint density at radius 2 is 1.70 bits per heavy atom. The van der Waals surface area contributed by atoms with E-state index in [1.807, 2.05) is 62.6 Å². The minimum absolute atomic E-state index is 0.0761. The smallest absolute Gasteiger partial charge is 0.251 e. The fraction of sp³-hybridized carbons (Fsp3) is 0.158. The Hall–Kier alpha value is -2.88. The Morgan fingerprint density at radius 3 is 2.30 bits per heavy atom. The van der Waals surface area contributed by atoms with Crippen LogP contribution < -0.4 is 5.32 Å². The van der Waals surface area contributed by atoms with Gasteiger partial charge in [0.05, 0.1) is 5.69 Å². The van der Waals surface area contributed by atoms with E-state index in [9.17, 15) is 4.79 Å². The summed E-state index contributed by atoms with van der Waals surface area (Å²) in [5.41, 5.74) is 4.87. The number of amides is 1. The highest BCUT2D eigenvalue weighted by Gasteiger charge is 2.08. The molecular formula is C19H19N3O. The minimum Gasteiger partial charge on any atom is -0.348 e. The zero-order valence-corrected chi connectivity index (χ0v) is 13.3. The molecule has 3 rings (SSSR count). The molecule has 116 valence electrons. The first kappa shape index (κ1) is 15.0. The van der Waals surface area contributed by atoms with Crippen molar-refractivity contribution in [2.45, 2.75) is 13.5 Å². The predicted molar refractivity (Wildman–Crippen MR) is 91.0 cm³/mol. The standard InChI is InChI=1S/C19H19N3O/c1-14-18(13-22(2)21-14)12-20-19(23)17-10-8-16(9-11-17)15-6-4-3-5-7-15/h3-11,13H,12H2,1-2H3,(H,20,23). The van der Waals surface area contributed by atoms with Crippen molar-refractivity contribution in [2.24, 2.45) is 7.05 Å². The van der Waals surface area contributed by atoms with Crippen molar-refractivity contribution in [3.63, 3.8) is 0 Å². The van der Waals surface area contributed by atoms with Crippen LogP contribution in [0.1, 0.15) is 21.6 Å². The summed E-state index contributed by atoms with van der Waals surface area (Å²) in [4.78, 5) is 12.2. The normalized spacial score (nSPS) is 10.5. The van der Waals surface area contributed by atoms with Crippen LogP contribution in [-0.4, -0.2) is 15.7 Å². The molecule has 0 radical (unpaired) electrons. The molecule has 3 aromatic rings. The first-order valence-electron chi connectivity index (χ1n) is 7.56. The largest absolute Gasteiger partial charge is 0.348 e. The van der Waals surface area contributed by atoms with Gasteiger partial charge >= 0.3 is 0 Å². The molecule has 0 aliphatic heterocycles. The molecule has 0 spiro atoms. The predicted octanol–water partition coefficient (Wildman–Crippen LogP) is 3.33. The Labute approximate surface area is 135 Å². The first-order valence-corrected chi connectivity index (χ1v) is 7.56. The van der Waals surface area contributed by atoms with E-state index in [-0.39, 0.29) is 5.91 Å². The number of aryl methyl sites for hydroxylation is 2. The van der Waals surface area contributed by atoms with Crippen LogP contribution in [0.3, 0.4) is 0 Å². The highest BCUT2D eigenvalue weighted by atomic mass is 16.1. The van der Waals surface area contributed by atoms with Gasteiger partial charge in [-0.3, -0.25) is 9.48 Å². The molecule has 1 aromatic heterocycles. The number of hydrogen-bond acceptors (Lipinski definition) is 2. The van der Waals surface area contributed by atoms with Crippen molar-refractivity contribution in [1.29, 1.82) is 0 Å². The van der Waals surface area contributed by atoms with E-state index in [1.54, 1.807) is 4.68 Å². The Morgan fingerprint density at radius 1 is 1.04 bits per heavy atom. The molecule has 4 heteroatoms. The number of carbonyl (C=O) groups excluding carboxylic acids is 1. The van der Waals surface area contributed by atoms with Crippen molar-refractivity contribution in [2.75, 3.05) is 0 Å². The van der Waals surface area contributed by atoms with Crippen molar-refractivity contribution < 1.29 is 4.79 Å². The quantitative estimate of drug-likeness (QED) is 0.803. The Kier molecular flexibility index (Phi) is 4.24. The van der Waals surface area contributed by atoms with Gasteiger partial charge in [-0.25, -0.2) is 0 Å². The molecule has 2 aromatic carbocycles. The summed E-state index contributed by atoms with van der Waals surface area (Å²) in [5, 5.41) is 7.21. The molecule has 1 N–H and O–H groups in total.